The number of halogens is 1. The van der Waals surface area contributed by atoms with Crippen molar-refractivity contribution in [2.75, 3.05) is 0 Å². The van der Waals surface area contributed by atoms with Gasteiger partial charge in [0.1, 0.15) is 10.8 Å². The molecule has 0 fully saturated rings. The van der Waals surface area contributed by atoms with E-state index in [0.717, 1.165) is 29.9 Å². The lowest BCUT2D eigenvalue weighted by molar-refractivity contribution is 0.613. The van der Waals surface area contributed by atoms with E-state index in [1.54, 1.807) is 10.7 Å². The Morgan fingerprint density at radius 2 is 2.14 bits per heavy atom. The number of pyridine rings is 1. The monoisotopic (exact) mass is 314 g/mol. The first kappa shape index (κ1) is 13.5. The molecule has 0 saturated carbocycles. The van der Waals surface area contributed by atoms with Gasteiger partial charge in [-0.25, -0.2) is 9.67 Å². The number of aryl methyl sites for hydroxylation is 1. The summed E-state index contributed by atoms with van der Waals surface area (Å²) >= 11 is 5.92. The molecule has 22 heavy (non-hydrogen) atoms. The highest BCUT2D eigenvalue weighted by Crippen LogP contribution is 2.25. The molecule has 3 heterocycles. The third-order valence-electron chi connectivity index (χ3n) is 4.03. The number of fused-ring (bicyclic) bond motifs is 1. The Kier molecular flexibility index (Phi) is 3.18. The number of hydrogen-bond donors (Lipinski definition) is 0. The van der Waals surface area contributed by atoms with Crippen LogP contribution in [-0.4, -0.2) is 29.8 Å². The molecule has 0 radical (unpaired) electrons. The summed E-state index contributed by atoms with van der Waals surface area (Å²) in [6, 6.07) is 5.47. The lowest BCUT2D eigenvalue weighted by Crippen LogP contribution is -2.04. The predicted molar refractivity (Wildman–Crippen MR) is 82.6 cm³/mol. The SMILES string of the molecule is Cn1nc(Cn2cc(-c3cccc(Cl)n3)nn2)c2c1CCC2. The normalized spacial score (nSPS) is 13.5. The molecule has 3 aromatic heterocycles. The Bertz CT molecular complexity index is 834. The van der Waals surface area contributed by atoms with Gasteiger partial charge in [0.15, 0.2) is 0 Å². The van der Waals surface area contributed by atoms with E-state index in [0.29, 0.717) is 11.7 Å². The van der Waals surface area contributed by atoms with Crippen LogP contribution >= 0.6 is 11.6 Å². The number of rotatable bonds is 3. The fraction of sp³-hybridized carbons (Fsp3) is 0.333. The van der Waals surface area contributed by atoms with Gasteiger partial charge in [0.05, 0.1) is 24.1 Å². The smallest absolute Gasteiger partial charge is 0.131 e. The molecule has 6 nitrogen and oxygen atoms in total. The van der Waals surface area contributed by atoms with Gasteiger partial charge in [-0.05, 0) is 37.0 Å². The lowest BCUT2D eigenvalue weighted by atomic mass is 10.2. The Hall–Kier alpha value is -2.21. The van der Waals surface area contributed by atoms with Crippen LogP contribution in [0.2, 0.25) is 5.15 Å². The molecule has 3 aromatic rings. The van der Waals surface area contributed by atoms with E-state index in [1.807, 2.05) is 30.1 Å². The summed E-state index contributed by atoms with van der Waals surface area (Å²) in [5.41, 5.74) is 5.26. The second-order valence-corrected chi connectivity index (χ2v) is 5.88. The molecule has 1 aliphatic rings. The number of aromatic nitrogens is 6. The standard InChI is InChI=1S/C15H15ClN6/c1-21-14-6-2-4-10(14)12(19-21)8-22-9-13(18-20-22)11-5-3-7-15(16)17-11/h3,5,7,9H,2,4,6,8H2,1H3. The predicted octanol–water partition coefficient (Wildman–Crippen LogP) is 2.26. The molecule has 0 bridgehead atoms. The molecule has 0 aliphatic heterocycles. The van der Waals surface area contributed by atoms with Gasteiger partial charge in [-0.15, -0.1) is 5.10 Å². The molecule has 0 unspecified atom stereocenters. The first-order valence-electron chi connectivity index (χ1n) is 7.27. The zero-order valence-electron chi connectivity index (χ0n) is 12.2. The van der Waals surface area contributed by atoms with Crippen LogP contribution in [-0.2, 0) is 26.4 Å². The van der Waals surface area contributed by atoms with E-state index in [9.17, 15) is 0 Å². The van der Waals surface area contributed by atoms with Crippen molar-refractivity contribution >= 4 is 11.6 Å². The molecule has 7 heteroatoms. The summed E-state index contributed by atoms with van der Waals surface area (Å²) in [6.45, 7) is 0.636. The largest absolute Gasteiger partial charge is 0.272 e. The summed E-state index contributed by atoms with van der Waals surface area (Å²) in [4.78, 5) is 4.26. The summed E-state index contributed by atoms with van der Waals surface area (Å²) in [5.74, 6) is 0. The molecule has 0 saturated heterocycles. The van der Waals surface area contributed by atoms with Crippen LogP contribution in [0, 0.1) is 0 Å². The maximum atomic E-state index is 5.92. The van der Waals surface area contributed by atoms with Gasteiger partial charge in [-0.1, -0.05) is 22.9 Å². The minimum Gasteiger partial charge on any atom is -0.272 e. The molecule has 0 aromatic carbocycles. The molecule has 0 N–H and O–H groups in total. The summed E-state index contributed by atoms with van der Waals surface area (Å²) < 4.78 is 3.80. The highest BCUT2D eigenvalue weighted by Gasteiger charge is 2.21. The maximum Gasteiger partial charge on any atom is 0.131 e. The quantitative estimate of drug-likeness (QED) is 0.696. The Morgan fingerprint density at radius 1 is 1.23 bits per heavy atom. The summed E-state index contributed by atoms with van der Waals surface area (Å²) in [6.07, 6.45) is 5.32. The van der Waals surface area contributed by atoms with Crippen molar-refractivity contribution in [3.8, 4) is 11.4 Å². The molecule has 0 atom stereocenters. The maximum absolute atomic E-state index is 5.92. The second-order valence-electron chi connectivity index (χ2n) is 5.50. The highest BCUT2D eigenvalue weighted by atomic mass is 35.5. The Labute approximate surface area is 132 Å². The fourth-order valence-electron chi connectivity index (χ4n) is 3.02. The molecular weight excluding hydrogens is 300 g/mol. The molecule has 112 valence electrons. The van der Waals surface area contributed by atoms with Gasteiger partial charge in [0.25, 0.3) is 0 Å². The van der Waals surface area contributed by atoms with Crippen molar-refractivity contribution in [2.24, 2.45) is 7.05 Å². The van der Waals surface area contributed by atoms with Gasteiger partial charge in [-0.2, -0.15) is 5.10 Å². The van der Waals surface area contributed by atoms with Crippen LogP contribution in [0.25, 0.3) is 11.4 Å². The zero-order valence-corrected chi connectivity index (χ0v) is 13.0. The molecule has 0 amide bonds. The van der Waals surface area contributed by atoms with Crippen LogP contribution in [0.15, 0.2) is 24.4 Å². The van der Waals surface area contributed by atoms with Crippen molar-refractivity contribution in [3.63, 3.8) is 0 Å². The van der Waals surface area contributed by atoms with Gasteiger partial charge < -0.3 is 0 Å². The van der Waals surface area contributed by atoms with Crippen LogP contribution in [0.1, 0.15) is 23.4 Å². The van der Waals surface area contributed by atoms with E-state index in [2.05, 4.69) is 20.4 Å². The van der Waals surface area contributed by atoms with E-state index < -0.39 is 0 Å². The van der Waals surface area contributed by atoms with Crippen LogP contribution in [0.4, 0.5) is 0 Å². The van der Waals surface area contributed by atoms with Crippen molar-refractivity contribution < 1.29 is 0 Å². The minimum absolute atomic E-state index is 0.453. The summed E-state index contributed by atoms with van der Waals surface area (Å²) in [5, 5.41) is 13.4. The first-order valence-corrected chi connectivity index (χ1v) is 7.65. The second kappa shape index (κ2) is 5.21. The van der Waals surface area contributed by atoms with Gasteiger partial charge in [-0.3, -0.25) is 4.68 Å². The van der Waals surface area contributed by atoms with Crippen molar-refractivity contribution in [2.45, 2.75) is 25.8 Å². The fourth-order valence-corrected chi connectivity index (χ4v) is 3.19. The Balaban J connectivity index is 1.62. The van der Waals surface area contributed by atoms with Crippen molar-refractivity contribution in [1.82, 2.24) is 29.8 Å². The first-order chi connectivity index (χ1) is 10.7. The third-order valence-corrected chi connectivity index (χ3v) is 4.24. The van der Waals surface area contributed by atoms with Crippen LogP contribution in [0.3, 0.4) is 0 Å². The van der Waals surface area contributed by atoms with Gasteiger partial charge >= 0.3 is 0 Å². The van der Waals surface area contributed by atoms with E-state index in [4.69, 9.17) is 11.6 Å². The average molecular weight is 315 g/mol. The molecule has 0 spiro atoms. The number of nitrogens with zero attached hydrogens (tertiary/aromatic N) is 6. The van der Waals surface area contributed by atoms with Gasteiger partial charge in [0, 0.05) is 12.7 Å². The summed E-state index contributed by atoms with van der Waals surface area (Å²) in [7, 11) is 2.01. The molecule has 1 aliphatic carbocycles. The molecular formula is C15H15ClN6. The van der Waals surface area contributed by atoms with E-state index >= 15 is 0 Å². The minimum atomic E-state index is 0.453. The van der Waals surface area contributed by atoms with Crippen molar-refractivity contribution in [3.05, 3.63) is 46.5 Å². The lowest BCUT2D eigenvalue weighted by Gasteiger charge is -1.99. The van der Waals surface area contributed by atoms with E-state index in [-0.39, 0.29) is 0 Å². The van der Waals surface area contributed by atoms with Crippen LogP contribution < -0.4 is 0 Å². The zero-order chi connectivity index (χ0) is 15.1. The highest BCUT2D eigenvalue weighted by molar-refractivity contribution is 6.29. The Morgan fingerprint density at radius 3 is 3.00 bits per heavy atom. The third kappa shape index (κ3) is 2.29. The average Bonchev–Trinajstić information content (AvgIpc) is 3.20. The van der Waals surface area contributed by atoms with Gasteiger partial charge in [0.2, 0.25) is 0 Å². The van der Waals surface area contributed by atoms with Crippen molar-refractivity contribution in [1.29, 1.82) is 0 Å². The topological polar surface area (TPSA) is 61.4 Å². The van der Waals surface area contributed by atoms with E-state index in [1.165, 1.54) is 17.7 Å². The van der Waals surface area contributed by atoms with Crippen LogP contribution in [0.5, 0.6) is 0 Å². The number of hydrogen-bond acceptors (Lipinski definition) is 4. The molecule has 4 rings (SSSR count).